The molecule has 3 aromatic rings. The number of non-ortho nitro benzene ring substituents is 1. The number of thioether (sulfide) groups is 1. The highest BCUT2D eigenvalue weighted by Crippen LogP contribution is 2.45. The summed E-state index contributed by atoms with van der Waals surface area (Å²) < 4.78 is 5.25. The third-order valence-corrected chi connectivity index (χ3v) is 6.18. The number of hydrogen-bond acceptors (Lipinski definition) is 6. The molecule has 0 radical (unpaired) electrons. The fraction of sp³-hybridized carbons (Fsp3) is 0.143. The molecule has 1 aliphatic rings. The van der Waals surface area contributed by atoms with Crippen LogP contribution in [-0.2, 0) is 0 Å². The van der Waals surface area contributed by atoms with Crippen LogP contribution in [0.4, 0.5) is 11.4 Å². The minimum atomic E-state index is -0.527. The normalized spacial score (nSPS) is 15.9. The molecule has 0 fully saturated rings. The zero-order valence-corrected chi connectivity index (χ0v) is 16.9. The number of para-hydroxylation sites is 1. The van der Waals surface area contributed by atoms with E-state index in [-0.39, 0.29) is 16.5 Å². The van der Waals surface area contributed by atoms with Gasteiger partial charge in [-0.25, -0.2) is 4.79 Å². The van der Waals surface area contributed by atoms with E-state index in [1.165, 1.54) is 12.1 Å². The topological polar surface area (TPSA) is 85.7 Å². The lowest BCUT2D eigenvalue weighted by atomic mass is 10.0. The molecular weight excluding hydrogens is 412 g/mol. The van der Waals surface area contributed by atoms with Gasteiger partial charge in [-0.15, -0.1) is 11.8 Å². The van der Waals surface area contributed by atoms with Crippen molar-refractivity contribution in [3.05, 3.63) is 97.0 Å². The first kappa shape index (κ1) is 19.4. The van der Waals surface area contributed by atoms with Crippen LogP contribution in [0.1, 0.15) is 28.6 Å². The smallest absolute Gasteiger partial charge is 0.346 e. The van der Waals surface area contributed by atoms with Crippen LogP contribution in [0, 0.1) is 17.0 Å². The molecule has 1 aliphatic heterocycles. The van der Waals surface area contributed by atoms with Gasteiger partial charge in [-0.1, -0.05) is 35.9 Å². The molecule has 2 aromatic carbocycles. The predicted molar refractivity (Wildman–Crippen MR) is 114 cm³/mol. The van der Waals surface area contributed by atoms with Crippen molar-refractivity contribution in [1.29, 1.82) is 0 Å². The lowest BCUT2D eigenvalue weighted by molar-refractivity contribution is -0.384. The van der Waals surface area contributed by atoms with E-state index in [9.17, 15) is 14.9 Å². The molecule has 0 saturated carbocycles. The van der Waals surface area contributed by atoms with Crippen LogP contribution in [0.3, 0.4) is 0 Å². The molecule has 1 atom stereocenters. The molecule has 1 unspecified atom stereocenters. The highest BCUT2D eigenvalue weighted by atomic mass is 35.5. The molecule has 8 heteroatoms. The van der Waals surface area contributed by atoms with Gasteiger partial charge in [0.2, 0.25) is 0 Å². The Morgan fingerprint density at radius 3 is 2.62 bits per heavy atom. The van der Waals surface area contributed by atoms with Crippen molar-refractivity contribution in [3.63, 3.8) is 0 Å². The zero-order chi connectivity index (χ0) is 20.5. The largest absolute Gasteiger partial charge is 0.428 e. The summed E-state index contributed by atoms with van der Waals surface area (Å²) in [7, 11) is 0. The van der Waals surface area contributed by atoms with Gasteiger partial charge in [0, 0.05) is 28.7 Å². The van der Waals surface area contributed by atoms with Crippen molar-refractivity contribution in [2.24, 2.45) is 4.99 Å². The number of aliphatic imine (C=N–C) groups is 1. The lowest BCUT2D eigenvalue weighted by Gasteiger charge is -2.16. The maximum atomic E-state index is 12.5. The zero-order valence-electron chi connectivity index (χ0n) is 15.3. The summed E-state index contributed by atoms with van der Waals surface area (Å²) >= 11 is 7.97. The highest BCUT2D eigenvalue weighted by molar-refractivity contribution is 7.99. The van der Waals surface area contributed by atoms with Crippen LogP contribution in [0.25, 0.3) is 0 Å². The number of nitro benzene ring substituents is 1. The van der Waals surface area contributed by atoms with E-state index in [1.807, 2.05) is 24.3 Å². The molecule has 0 spiro atoms. The van der Waals surface area contributed by atoms with Gasteiger partial charge < -0.3 is 4.42 Å². The van der Waals surface area contributed by atoms with Crippen LogP contribution in [0.15, 0.2) is 73.7 Å². The summed E-state index contributed by atoms with van der Waals surface area (Å²) in [4.78, 5) is 28.8. The van der Waals surface area contributed by atoms with Crippen LogP contribution in [0.5, 0.6) is 0 Å². The maximum absolute atomic E-state index is 12.5. The molecule has 0 amide bonds. The number of benzene rings is 2. The van der Waals surface area contributed by atoms with Gasteiger partial charge in [0.25, 0.3) is 5.69 Å². The van der Waals surface area contributed by atoms with Gasteiger partial charge in [-0.2, -0.15) is 0 Å². The summed E-state index contributed by atoms with van der Waals surface area (Å²) in [6.45, 7) is 1.66. The Morgan fingerprint density at radius 2 is 1.93 bits per heavy atom. The summed E-state index contributed by atoms with van der Waals surface area (Å²) in [5.74, 6) is 0.430. The molecule has 4 rings (SSSR count). The van der Waals surface area contributed by atoms with Gasteiger partial charge in [-0.3, -0.25) is 15.1 Å². The fourth-order valence-corrected chi connectivity index (χ4v) is 4.77. The second kappa shape index (κ2) is 7.85. The first-order chi connectivity index (χ1) is 13.9. The van der Waals surface area contributed by atoms with Crippen molar-refractivity contribution in [1.82, 2.24) is 0 Å². The SMILES string of the molecule is Cc1cc(Cl)c(C2=Nc3ccccc3SC(c3ccc([N+](=O)[O-])cc3)C2)c(=O)o1. The second-order valence-corrected chi connectivity index (χ2v) is 8.20. The Hall–Kier alpha value is -2.90. The number of rotatable bonds is 3. The number of aryl methyl sites for hydroxylation is 1. The first-order valence-corrected chi connectivity index (χ1v) is 10.1. The fourth-order valence-electron chi connectivity index (χ4n) is 3.20. The van der Waals surface area contributed by atoms with Gasteiger partial charge in [0.1, 0.15) is 11.3 Å². The summed E-state index contributed by atoms with van der Waals surface area (Å²) in [6, 6.07) is 15.7. The van der Waals surface area contributed by atoms with Crippen molar-refractivity contribution >= 4 is 40.4 Å². The average molecular weight is 427 g/mol. The molecule has 6 nitrogen and oxygen atoms in total. The molecule has 146 valence electrons. The predicted octanol–water partition coefficient (Wildman–Crippen LogP) is 5.87. The van der Waals surface area contributed by atoms with Crippen LogP contribution >= 0.6 is 23.4 Å². The number of halogens is 1. The lowest BCUT2D eigenvalue weighted by Crippen LogP contribution is -2.17. The quantitative estimate of drug-likeness (QED) is 0.386. The van der Waals surface area contributed by atoms with E-state index >= 15 is 0 Å². The Morgan fingerprint density at radius 1 is 1.21 bits per heavy atom. The van der Waals surface area contributed by atoms with E-state index in [1.54, 1.807) is 36.9 Å². The van der Waals surface area contributed by atoms with E-state index in [0.717, 1.165) is 16.1 Å². The maximum Gasteiger partial charge on any atom is 0.346 e. The van der Waals surface area contributed by atoms with Crippen LogP contribution in [0.2, 0.25) is 5.02 Å². The third kappa shape index (κ3) is 3.97. The molecule has 1 aromatic heterocycles. The van der Waals surface area contributed by atoms with Gasteiger partial charge >= 0.3 is 5.63 Å². The Bertz CT molecular complexity index is 1190. The molecule has 0 N–H and O–H groups in total. The Labute approximate surface area is 175 Å². The number of fused-ring (bicyclic) bond motifs is 1. The summed E-state index contributed by atoms with van der Waals surface area (Å²) in [5, 5.41) is 11.2. The molecular formula is C21H15ClN2O4S. The monoisotopic (exact) mass is 426 g/mol. The summed E-state index contributed by atoms with van der Waals surface area (Å²) in [5.41, 5.74) is 1.93. The van der Waals surface area contributed by atoms with Crippen LogP contribution in [-0.4, -0.2) is 10.6 Å². The van der Waals surface area contributed by atoms with Crippen LogP contribution < -0.4 is 5.63 Å². The second-order valence-electron chi connectivity index (χ2n) is 6.55. The minimum absolute atomic E-state index is 0.0314. The van der Waals surface area contributed by atoms with E-state index < -0.39 is 10.5 Å². The van der Waals surface area contributed by atoms with E-state index in [4.69, 9.17) is 21.0 Å². The molecule has 2 heterocycles. The van der Waals surface area contributed by atoms with E-state index in [2.05, 4.69) is 0 Å². The molecule has 0 saturated heterocycles. The van der Waals surface area contributed by atoms with Gasteiger partial charge in [0.05, 0.1) is 21.3 Å². The third-order valence-electron chi connectivity index (χ3n) is 4.56. The van der Waals surface area contributed by atoms with Crippen molar-refractivity contribution < 1.29 is 9.34 Å². The number of nitrogens with zero attached hydrogens (tertiary/aromatic N) is 2. The summed E-state index contributed by atoms with van der Waals surface area (Å²) in [6.07, 6.45) is 0.421. The molecule has 0 bridgehead atoms. The van der Waals surface area contributed by atoms with Gasteiger partial charge in [-0.05, 0) is 30.7 Å². The van der Waals surface area contributed by atoms with Gasteiger partial charge in [0.15, 0.2) is 0 Å². The van der Waals surface area contributed by atoms with Crippen molar-refractivity contribution in [2.75, 3.05) is 0 Å². The highest BCUT2D eigenvalue weighted by Gasteiger charge is 2.26. The molecule has 29 heavy (non-hydrogen) atoms. The average Bonchev–Trinajstić information content (AvgIpc) is 2.87. The van der Waals surface area contributed by atoms with Crippen molar-refractivity contribution in [2.45, 2.75) is 23.5 Å². The number of hydrogen-bond donors (Lipinski definition) is 0. The number of nitro groups is 1. The van der Waals surface area contributed by atoms with Crippen molar-refractivity contribution in [3.8, 4) is 0 Å². The minimum Gasteiger partial charge on any atom is -0.428 e. The Kier molecular flexibility index (Phi) is 5.25. The standard InChI is InChI=1S/C21H15ClN2O4S/c1-12-10-15(22)20(21(25)28-12)17-11-19(13-6-8-14(9-7-13)24(26)27)29-18-5-3-2-4-16(18)23-17/h2-10,19H,11H2,1H3. The Balaban J connectivity index is 1.82. The molecule has 0 aliphatic carbocycles. The first-order valence-electron chi connectivity index (χ1n) is 8.80. The van der Waals surface area contributed by atoms with E-state index in [0.29, 0.717) is 22.9 Å².